The Balaban J connectivity index is 2.13. The fraction of sp³-hybridized carbons (Fsp3) is 0.357. The molecular formula is C14H14BrNO3. The van der Waals surface area contributed by atoms with Gasteiger partial charge in [0.25, 0.3) is 11.7 Å². The maximum absolute atomic E-state index is 11.9. The van der Waals surface area contributed by atoms with E-state index in [1.54, 1.807) is 18.2 Å². The van der Waals surface area contributed by atoms with E-state index in [2.05, 4.69) is 15.9 Å². The molecule has 0 radical (unpaired) electrons. The summed E-state index contributed by atoms with van der Waals surface area (Å²) in [6.45, 7) is 2.23. The number of anilines is 1. The Morgan fingerprint density at radius 3 is 2.74 bits per heavy atom. The number of rotatable bonds is 5. The van der Waals surface area contributed by atoms with E-state index in [0.29, 0.717) is 37.1 Å². The van der Waals surface area contributed by atoms with Gasteiger partial charge in [-0.3, -0.25) is 14.4 Å². The van der Waals surface area contributed by atoms with Crippen molar-refractivity contribution in [3.05, 3.63) is 28.2 Å². The molecule has 0 aromatic heterocycles. The summed E-state index contributed by atoms with van der Waals surface area (Å²) in [4.78, 5) is 36.4. The van der Waals surface area contributed by atoms with Crippen LogP contribution in [0.5, 0.6) is 0 Å². The monoisotopic (exact) mass is 323 g/mol. The number of benzene rings is 1. The maximum Gasteiger partial charge on any atom is 0.299 e. The lowest BCUT2D eigenvalue weighted by Crippen LogP contribution is -2.30. The summed E-state index contributed by atoms with van der Waals surface area (Å²) in [5.41, 5.74) is 1.07. The number of ketones is 2. The van der Waals surface area contributed by atoms with Crippen molar-refractivity contribution in [3.63, 3.8) is 0 Å². The minimum absolute atomic E-state index is 0.175. The number of carbonyl (C=O) groups excluding carboxylic acids is 3. The normalized spacial score (nSPS) is 13.9. The number of carbonyl (C=O) groups is 3. The number of Topliss-reactive ketones (excluding diaryl/α,β-unsaturated/α-hetero) is 2. The molecule has 0 fully saturated rings. The van der Waals surface area contributed by atoms with Crippen molar-refractivity contribution in [3.8, 4) is 0 Å². The molecule has 0 spiro atoms. The predicted molar refractivity (Wildman–Crippen MR) is 75.4 cm³/mol. The molecule has 0 atom stereocenters. The summed E-state index contributed by atoms with van der Waals surface area (Å²) < 4.78 is 0.774. The molecule has 0 saturated heterocycles. The van der Waals surface area contributed by atoms with Gasteiger partial charge in [0, 0.05) is 23.9 Å². The Hall–Kier alpha value is -1.49. The highest BCUT2D eigenvalue weighted by Gasteiger charge is 2.35. The van der Waals surface area contributed by atoms with Gasteiger partial charge in [0.1, 0.15) is 5.78 Å². The highest BCUT2D eigenvalue weighted by atomic mass is 79.9. The Kier molecular flexibility index (Phi) is 4.14. The first kappa shape index (κ1) is 13.9. The van der Waals surface area contributed by atoms with Gasteiger partial charge < -0.3 is 4.90 Å². The van der Waals surface area contributed by atoms with Crippen LogP contribution in [0, 0.1) is 0 Å². The second-order valence-corrected chi connectivity index (χ2v) is 5.36. The van der Waals surface area contributed by atoms with E-state index < -0.39 is 11.7 Å². The molecule has 1 aromatic carbocycles. The summed E-state index contributed by atoms with van der Waals surface area (Å²) in [6.07, 6.45) is 1.54. The van der Waals surface area contributed by atoms with Crippen LogP contribution in [0.25, 0.3) is 0 Å². The average Bonchev–Trinajstić information content (AvgIpc) is 2.63. The van der Waals surface area contributed by atoms with Crippen LogP contribution in [0.15, 0.2) is 22.7 Å². The van der Waals surface area contributed by atoms with Crippen LogP contribution in [0.3, 0.4) is 0 Å². The fourth-order valence-electron chi connectivity index (χ4n) is 2.11. The Bertz CT molecular complexity index is 554. The van der Waals surface area contributed by atoms with E-state index >= 15 is 0 Å². The smallest absolute Gasteiger partial charge is 0.299 e. The number of amides is 1. The van der Waals surface area contributed by atoms with Crippen molar-refractivity contribution in [2.24, 2.45) is 0 Å². The zero-order valence-electron chi connectivity index (χ0n) is 10.6. The van der Waals surface area contributed by atoms with Crippen molar-refractivity contribution in [2.45, 2.75) is 26.2 Å². The van der Waals surface area contributed by atoms with Crippen molar-refractivity contribution in [1.82, 2.24) is 0 Å². The number of halogens is 1. The first-order valence-electron chi connectivity index (χ1n) is 6.22. The summed E-state index contributed by atoms with van der Waals surface area (Å²) in [6, 6.07) is 5.21. The minimum Gasteiger partial charge on any atom is -0.305 e. The Labute approximate surface area is 119 Å². The van der Waals surface area contributed by atoms with Gasteiger partial charge in [-0.1, -0.05) is 22.9 Å². The van der Waals surface area contributed by atoms with Crippen LogP contribution in [0.2, 0.25) is 0 Å². The molecule has 1 aromatic rings. The summed E-state index contributed by atoms with van der Waals surface area (Å²) >= 11 is 3.29. The lowest BCUT2D eigenvalue weighted by atomic mass is 10.1. The summed E-state index contributed by atoms with van der Waals surface area (Å²) in [7, 11) is 0. The molecule has 2 rings (SSSR count). The van der Waals surface area contributed by atoms with E-state index in [4.69, 9.17) is 0 Å². The highest BCUT2D eigenvalue weighted by molar-refractivity contribution is 9.10. The third kappa shape index (κ3) is 2.76. The predicted octanol–water partition coefficient (Wildman–Crippen LogP) is 2.74. The van der Waals surface area contributed by atoms with Gasteiger partial charge in [-0.2, -0.15) is 0 Å². The van der Waals surface area contributed by atoms with Crippen LogP contribution in [-0.4, -0.2) is 24.0 Å². The SMILES string of the molecule is CCC(=O)CCCN1C(=O)C(=O)c2cc(Br)ccc21. The minimum atomic E-state index is -0.503. The van der Waals surface area contributed by atoms with Gasteiger partial charge in [0.2, 0.25) is 0 Å². The van der Waals surface area contributed by atoms with Crippen LogP contribution in [0.1, 0.15) is 36.5 Å². The molecule has 4 nitrogen and oxygen atoms in total. The Morgan fingerprint density at radius 1 is 1.32 bits per heavy atom. The summed E-state index contributed by atoms with van der Waals surface area (Å²) in [5.74, 6) is -0.802. The topological polar surface area (TPSA) is 54.5 Å². The molecule has 1 heterocycles. The Morgan fingerprint density at radius 2 is 2.05 bits per heavy atom. The van der Waals surface area contributed by atoms with Gasteiger partial charge in [-0.05, 0) is 24.6 Å². The molecule has 5 heteroatoms. The van der Waals surface area contributed by atoms with Crippen molar-refractivity contribution < 1.29 is 14.4 Å². The first-order valence-corrected chi connectivity index (χ1v) is 7.01. The van der Waals surface area contributed by atoms with E-state index in [0.717, 1.165) is 4.47 Å². The van der Waals surface area contributed by atoms with Crippen molar-refractivity contribution in [1.29, 1.82) is 0 Å². The second kappa shape index (κ2) is 5.65. The largest absolute Gasteiger partial charge is 0.305 e. The van der Waals surface area contributed by atoms with Gasteiger partial charge in [0.05, 0.1) is 11.3 Å². The third-order valence-electron chi connectivity index (χ3n) is 3.17. The van der Waals surface area contributed by atoms with Gasteiger partial charge in [-0.15, -0.1) is 0 Å². The summed E-state index contributed by atoms with van der Waals surface area (Å²) in [5, 5.41) is 0. The molecule has 1 aliphatic heterocycles. The number of hydrogen-bond acceptors (Lipinski definition) is 3. The fourth-order valence-corrected chi connectivity index (χ4v) is 2.47. The zero-order chi connectivity index (χ0) is 14.0. The average molecular weight is 324 g/mol. The number of nitrogens with zero attached hydrogens (tertiary/aromatic N) is 1. The molecule has 0 bridgehead atoms. The van der Waals surface area contributed by atoms with Gasteiger partial charge >= 0.3 is 0 Å². The van der Waals surface area contributed by atoms with Crippen LogP contribution >= 0.6 is 15.9 Å². The molecular weight excluding hydrogens is 310 g/mol. The first-order chi connectivity index (χ1) is 9.04. The third-order valence-corrected chi connectivity index (χ3v) is 3.66. The standard InChI is InChI=1S/C14H14BrNO3/c1-2-10(17)4-3-7-16-12-6-5-9(15)8-11(12)13(18)14(16)19/h5-6,8H,2-4,7H2,1H3. The molecule has 19 heavy (non-hydrogen) atoms. The molecule has 0 unspecified atom stereocenters. The van der Waals surface area contributed by atoms with E-state index in [1.807, 2.05) is 6.92 Å². The zero-order valence-corrected chi connectivity index (χ0v) is 12.2. The van der Waals surface area contributed by atoms with Crippen LogP contribution in [0.4, 0.5) is 5.69 Å². The lowest BCUT2D eigenvalue weighted by molar-refractivity contribution is -0.119. The molecule has 0 saturated carbocycles. The molecule has 0 aliphatic carbocycles. The van der Waals surface area contributed by atoms with Crippen molar-refractivity contribution >= 4 is 39.1 Å². The van der Waals surface area contributed by atoms with E-state index in [-0.39, 0.29) is 5.78 Å². The molecule has 100 valence electrons. The highest BCUT2D eigenvalue weighted by Crippen LogP contribution is 2.31. The maximum atomic E-state index is 11.9. The number of hydrogen-bond donors (Lipinski definition) is 0. The molecule has 1 amide bonds. The van der Waals surface area contributed by atoms with Crippen LogP contribution in [-0.2, 0) is 9.59 Å². The molecule has 1 aliphatic rings. The quantitative estimate of drug-likeness (QED) is 0.783. The molecule has 0 N–H and O–H groups in total. The number of fused-ring (bicyclic) bond motifs is 1. The lowest BCUT2D eigenvalue weighted by Gasteiger charge is -2.15. The van der Waals surface area contributed by atoms with Gasteiger partial charge in [-0.25, -0.2) is 0 Å². The van der Waals surface area contributed by atoms with Crippen LogP contribution < -0.4 is 4.90 Å². The van der Waals surface area contributed by atoms with E-state index in [9.17, 15) is 14.4 Å². The second-order valence-electron chi connectivity index (χ2n) is 4.44. The van der Waals surface area contributed by atoms with E-state index in [1.165, 1.54) is 4.90 Å². The van der Waals surface area contributed by atoms with Crippen molar-refractivity contribution in [2.75, 3.05) is 11.4 Å². The van der Waals surface area contributed by atoms with Gasteiger partial charge in [0.15, 0.2) is 0 Å².